The van der Waals surface area contributed by atoms with E-state index in [1.165, 1.54) is 0 Å². The van der Waals surface area contributed by atoms with Gasteiger partial charge in [-0.05, 0) is 31.2 Å². The summed E-state index contributed by atoms with van der Waals surface area (Å²) in [6, 6.07) is 13.2. The van der Waals surface area contributed by atoms with Crippen molar-refractivity contribution in [3.63, 3.8) is 0 Å². The minimum Gasteiger partial charge on any atom is -0.496 e. The highest BCUT2D eigenvalue weighted by molar-refractivity contribution is 5.95. The monoisotopic (exact) mass is 351 g/mol. The van der Waals surface area contributed by atoms with Crippen LogP contribution in [0.4, 0.5) is 0 Å². The predicted molar refractivity (Wildman–Crippen MR) is 99.0 cm³/mol. The molecule has 0 aliphatic carbocycles. The third-order valence-electron chi connectivity index (χ3n) is 4.12. The molecule has 1 N–H and O–H groups in total. The standard InChI is InChI=1S/C20H21N3O3/c1-14-18(25-2)9-16(10-19(14)26-3)20(24)21-11-15-12-22-23(13-15)17-7-5-4-6-8-17/h4-10,12-13H,11H2,1-3H3,(H,21,24). The number of ether oxygens (including phenoxy) is 2. The van der Waals surface area contributed by atoms with Gasteiger partial charge in [0.25, 0.3) is 5.91 Å². The van der Waals surface area contributed by atoms with Crippen LogP contribution in [0.3, 0.4) is 0 Å². The minimum atomic E-state index is -0.200. The van der Waals surface area contributed by atoms with Gasteiger partial charge in [0.15, 0.2) is 0 Å². The number of nitrogens with one attached hydrogen (secondary N) is 1. The van der Waals surface area contributed by atoms with Gasteiger partial charge in [-0.1, -0.05) is 18.2 Å². The average molecular weight is 351 g/mol. The van der Waals surface area contributed by atoms with Crippen LogP contribution in [0.2, 0.25) is 0 Å². The van der Waals surface area contributed by atoms with Crippen LogP contribution >= 0.6 is 0 Å². The fourth-order valence-corrected chi connectivity index (χ4v) is 2.67. The van der Waals surface area contributed by atoms with E-state index in [2.05, 4.69) is 10.4 Å². The van der Waals surface area contributed by atoms with Crippen molar-refractivity contribution in [1.29, 1.82) is 0 Å². The molecule has 134 valence electrons. The fraction of sp³-hybridized carbons (Fsp3) is 0.200. The summed E-state index contributed by atoms with van der Waals surface area (Å²) in [5.74, 6) is 1.03. The second-order valence-corrected chi connectivity index (χ2v) is 5.82. The van der Waals surface area contributed by atoms with Crippen LogP contribution in [0.5, 0.6) is 11.5 Å². The van der Waals surface area contributed by atoms with Crippen LogP contribution in [0, 0.1) is 6.92 Å². The normalized spacial score (nSPS) is 10.4. The van der Waals surface area contributed by atoms with Gasteiger partial charge >= 0.3 is 0 Å². The van der Waals surface area contributed by atoms with Crippen LogP contribution < -0.4 is 14.8 Å². The molecule has 0 spiro atoms. The summed E-state index contributed by atoms with van der Waals surface area (Å²) in [6.45, 7) is 2.27. The van der Waals surface area contributed by atoms with E-state index in [0.29, 0.717) is 23.6 Å². The van der Waals surface area contributed by atoms with Crippen LogP contribution in [0.25, 0.3) is 5.69 Å². The molecule has 26 heavy (non-hydrogen) atoms. The zero-order valence-electron chi connectivity index (χ0n) is 15.0. The number of benzene rings is 2. The number of amides is 1. The van der Waals surface area contributed by atoms with Crippen LogP contribution in [0.15, 0.2) is 54.9 Å². The van der Waals surface area contributed by atoms with Crippen molar-refractivity contribution < 1.29 is 14.3 Å². The lowest BCUT2D eigenvalue weighted by Crippen LogP contribution is -2.22. The fourth-order valence-electron chi connectivity index (χ4n) is 2.67. The third-order valence-corrected chi connectivity index (χ3v) is 4.12. The van der Waals surface area contributed by atoms with Crippen molar-refractivity contribution in [2.75, 3.05) is 14.2 Å². The molecule has 0 atom stereocenters. The summed E-state index contributed by atoms with van der Waals surface area (Å²) < 4.78 is 12.4. The molecule has 0 radical (unpaired) electrons. The lowest BCUT2D eigenvalue weighted by Gasteiger charge is -2.12. The molecule has 0 aliphatic heterocycles. The van der Waals surface area contributed by atoms with Crippen LogP contribution in [-0.2, 0) is 6.54 Å². The summed E-state index contributed by atoms with van der Waals surface area (Å²) >= 11 is 0. The van der Waals surface area contributed by atoms with E-state index in [1.54, 1.807) is 37.2 Å². The smallest absolute Gasteiger partial charge is 0.251 e. The first-order valence-corrected chi connectivity index (χ1v) is 8.22. The number of aromatic nitrogens is 2. The summed E-state index contributed by atoms with van der Waals surface area (Å²) in [5.41, 5.74) is 3.22. The zero-order valence-corrected chi connectivity index (χ0v) is 15.0. The maximum Gasteiger partial charge on any atom is 0.251 e. The van der Waals surface area contributed by atoms with Crippen LogP contribution in [-0.4, -0.2) is 29.9 Å². The topological polar surface area (TPSA) is 65.4 Å². The van der Waals surface area contributed by atoms with E-state index in [9.17, 15) is 4.79 Å². The molecular weight excluding hydrogens is 330 g/mol. The second-order valence-electron chi connectivity index (χ2n) is 5.82. The molecule has 3 rings (SSSR count). The van der Waals surface area contributed by atoms with Gasteiger partial charge in [0.2, 0.25) is 0 Å². The highest BCUT2D eigenvalue weighted by Crippen LogP contribution is 2.29. The zero-order chi connectivity index (χ0) is 18.5. The Hall–Kier alpha value is -3.28. The Morgan fingerprint density at radius 1 is 1.12 bits per heavy atom. The summed E-state index contributed by atoms with van der Waals surface area (Å²) in [7, 11) is 3.14. The Labute approximate surface area is 152 Å². The molecule has 1 heterocycles. The van der Waals surface area contributed by atoms with E-state index in [4.69, 9.17) is 9.47 Å². The van der Waals surface area contributed by atoms with Gasteiger partial charge in [0.05, 0.1) is 26.1 Å². The quantitative estimate of drug-likeness (QED) is 0.741. The Bertz CT molecular complexity index is 879. The molecule has 1 amide bonds. The molecule has 6 nitrogen and oxygen atoms in total. The maximum atomic E-state index is 12.5. The molecule has 3 aromatic rings. The second kappa shape index (κ2) is 7.74. The van der Waals surface area contributed by atoms with Crippen LogP contribution in [0.1, 0.15) is 21.5 Å². The lowest BCUT2D eigenvalue weighted by molar-refractivity contribution is 0.0950. The highest BCUT2D eigenvalue weighted by Gasteiger charge is 2.13. The van der Waals surface area contributed by atoms with Crippen molar-refractivity contribution >= 4 is 5.91 Å². The van der Waals surface area contributed by atoms with Gasteiger partial charge in [-0.15, -0.1) is 0 Å². The number of carbonyl (C=O) groups is 1. The van der Waals surface area contributed by atoms with Gasteiger partial charge in [0, 0.05) is 29.4 Å². The van der Waals surface area contributed by atoms with E-state index < -0.39 is 0 Å². The first-order chi connectivity index (χ1) is 12.6. The first kappa shape index (κ1) is 17.5. The minimum absolute atomic E-state index is 0.200. The molecular formula is C20H21N3O3. The van der Waals surface area contributed by atoms with Gasteiger partial charge in [0.1, 0.15) is 11.5 Å². The van der Waals surface area contributed by atoms with Gasteiger partial charge in [-0.2, -0.15) is 5.10 Å². The Morgan fingerprint density at radius 2 is 1.77 bits per heavy atom. The maximum absolute atomic E-state index is 12.5. The van der Waals surface area contributed by atoms with Gasteiger partial charge in [-0.25, -0.2) is 4.68 Å². The first-order valence-electron chi connectivity index (χ1n) is 8.22. The lowest BCUT2D eigenvalue weighted by atomic mass is 10.1. The van der Waals surface area contributed by atoms with Gasteiger partial charge in [-0.3, -0.25) is 4.79 Å². The van der Waals surface area contributed by atoms with E-state index in [0.717, 1.165) is 16.8 Å². The number of carbonyl (C=O) groups excluding carboxylic acids is 1. The molecule has 0 aliphatic rings. The van der Waals surface area contributed by atoms with Crippen molar-refractivity contribution in [3.8, 4) is 17.2 Å². The largest absolute Gasteiger partial charge is 0.496 e. The number of methoxy groups -OCH3 is 2. The summed E-state index contributed by atoms with van der Waals surface area (Å²) in [5, 5.41) is 7.23. The Balaban J connectivity index is 1.71. The van der Waals surface area contributed by atoms with Gasteiger partial charge < -0.3 is 14.8 Å². The summed E-state index contributed by atoms with van der Waals surface area (Å²) in [6.07, 6.45) is 3.63. The average Bonchev–Trinajstić information content (AvgIpc) is 3.16. The number of nitrogens with zero attached hydrogens (tertiary/aromatic N) is 2. The molecule has 0 saturated heterocycles. The molecule has 2 aromatic carbocycles. The number of para-hydroxylation sites is 1. The predicted octanol–water partition coefficient (Wildman–Crippen LogP) is 3.13. The Morgan fingerprint density at radius 3 is 2.38 bits per heavy atom. The SMILES string of the molecule is COc1cc(C(=O)NCc2cnn(-c3ccccc3)c2)cc(OC)c1C. The molecule has 0 saturated carbocycles. The third kappa shape index (κ3) is 3.69. The number of rotatable bonds is 6. The molecule has 0 bridgehead atoms. The van der Waals surface area contributed by atoms with Crippen molar-refractivity contribution in [2.45, 2.75) is 13.5 Å². The van der Waals surface area contributed by atoms with Crippen molar-refractivity contribution in [2.24, 2.45) is 0 Å². The van der Waals surface area contributed by atoms with Crippen molar-refractivity contribution in [3.05, 3.63) is 71.5 Å². The Kier molecular flexibility index (Phi) is 5.22. The highest BCUT2D eigenvalue weighted by atomic mass is 16.5. The van der Waals surface area contributed by atoms with E-state index in [-0.39, 0.29) is 5.91 Å². The number of hydrogen-bond donors (Lipinski definition) is 1. The summed E-state index contributed by atoms with van der Waals surface area (Å²) in [4.78, 5) is 12.5. The van der Waals surface area contributed by atoms with E-state index in [1.807, 2.05) is 43.5 Å². The van der Waals surface area contributed by atoms with Crippen molar-refractivity contribution in [1.82, 2.24) is 15.1 Å². The molecule has 6 heteroatoms. The molecule has 0 fully saturated rings. The molecule has 0 unspecified atom stereocenters. The van der Waals surface area contributed by atoms with E-state index >= 15 is 0 Å². The molecule has 1 aromatic heterocycles. The number of hydrogen-bond acceptors (Lipinski definition) is 4.